The molecule has 0 fully saturated rings. The Morgan fingerprint density at radius 2 is 2.44 bits per heavy atom. The summed E-state index contributed by atoms with van der Waals surface area (Å²) in [6.45, 7) is 0.210. The molecule has 0 amide bonds. The van der Waals surface area contributed by atoms with Gasteiger partial charge in [-0.05, 0) is 6.42 Å². The highest BCUT2D eigenvalue weighted by atomic mass is 16.5. The summed E-state index contributed by atoms with van der Waals surface area (Å²) >= 11 is 0. The van der Waals surface area contributed by atoms with E-state index in [2.05, 4.69) is 4.98 Å². The molecule has 1 atom stereocenters. The number of H-pyrrole nitrogens is 1. The molecule has 7 heteroatoms. The minimum Gasteiger partial charge on any atom is -0.468 e. The van der Waals surface area contributed by atoms with Crippen molar-refractivity contribution in [1.29, 1.82) is 5.26 Å². The van der Waals surface area contributed by atoms with Crippen molar-refractivity contribution in [1.82, 2.24) is 4.98 Å². The fraction of sp³-hybridized carbons (Fsp3) is 0.545. The van der Waals surface area contributed by atoms with Gasteiger partial charge in [-0.15, -0.1) is 0 Å². The van der Waals surface area contributed by atoms with Crippen LogP contribution in [-0.2, 0) is 26.3 Å². The van der Waals surface area contributed by atoms with Crippen LogP contribution in [-0.4, -0.2) is 24.7 Å². The van der Waals surface area contributed by atoms with Gasteiger partial charge in [-0.25, -0.2) is 4.79 Å². The molecule has 0 bridgehead atoms. The predicted molar refractivity (Wildman–Crippen MR) is 57.5 cm³/mol. The summed E-state index contributed by atoms with van der Waals surface area (Å²) in [5, 5.41) is 8.68. The molecule has 2 rings (SSSR count). The van der Waals surface area contributed by atoms with Crippen LogP contribution in [0.1, 0.15) is 24.3 Å². The lowest BCUT2D eigenvalue weighted by Crippen LogP contribution is -2.44. The maximum atomic E-state index is 12.0. The maximum Gasteiger partial charge on any atom is 0.416 e. The number of nitriles is 1. The number of carbonyl (C=O) groups excluding carboxylic acids is 1. The van der Waals surface area contributed by atoms with Gasteiger partial charge in [0, 0.05) is 6.42 Å². The zero-order valence-electron chi connectivity index (χ0n) is 9.82. The molecule has 0 aromatic carbocycles. The van der Waals surface area contributed by atoms with Gasteiger partial charge in [-0.3, -0.25) is 9.78 Å². The number of hydrogen-bond donors (Lipinski definition) is 1. The first-order valence-corrected chi connectivity index (χ1v) is 5.39. The number of fused-ring (bicyclic) bond motifs is 1. The first kappa shape index (κ1) is 12.4. The molecule has 96 valence electrons. The largest absolute Gasteiger partial charge is 0.468 e. The van der Waals surface area contributed by atoms with E-state index in [0.29, 0.717) is 5.69 Å². The number of aromatic nitrogens is 1. The fourth-order valence-electron chi connectivity index (χ4n) is 2.14. The Balaban J connectivity index is 2.51. The Labute approximate surface area is 102 Å². The minimum absolute atomic E-state index is 0.0369. The molecule has 7 nitrogen and oxygen atoms in total. The number of esters is 1. The second-order valence-electron chi connectivity index (χ2n) is 4.05. The lowest BCUT2D eigenvalue weighted by Gasteiger charge is -2.31. The molecule has 1 unspecified atom stereocenters. The first-order chi connectivity index (χ1) is 8.64. The smallest absolute Gasteiger partial charge is 0.416 e. The number of rotatable bonds is 3. The molecule has 0 aliphatic carbocycles. The third-order valence-corrected chi connectivity index (χ3v) is 2.99. The molecule has 0 saturated heterocycles. The quantitative estimate of drug-likeness (QED) is 0.771. The molecule has 0 saturated carbocycles. The Hall–Kier alpha value is -2.07. The number of nitrogens with zero attached hydrogens (tertiary/aromatic N) is 1. The highest BCUT2D eigenvalue weighted by Gasteiger charge is 2.49. The van der Waals surface area contributed by atoms with Crippen LogP contribution >= 0.6 is 0 Å². The van der Waals surface area contributed by atoms with Crippen LogP contribution in [0.3, 0.4) is 0 Å². The second kappa shape index (κ2) is 4.66. The molecule has 1 aliphatic rings. The molecule has 1 N–H and O–H groups in total. The van der Waals surface area contributed by atoms with Gasteiger partial charge in [0.15, 0.2) is 11.2 Å². The summed E-state index contributed by atoms with van der Waals surface area (Å²) in [6.07, 6.45) is 0.316. The third kappa shape index (κ3) is 1.80. The number of carbonyl (C=O) groups is 1. The van der Waals surface area contributed by atoms with E-state index in [9.17, 15) is 9.59 Å². The molecule has 18 heavy (non-hydrogen) atoms. The van der Waals surface area contributed by atoms with E-state index in [4.69, 9.17) is 19.2 Å². The van der Waals surface area contributed by atoms with Gasteiger partial charge >= 0.3 is 11.7 Å². The highest BCUT2D eigenvalue weighted by molar-refractivity contribution is 5.83. The number of nitrogens with one attached hydrogen (secondary N) is 1. The van der Waals surface area contributed by atoms with Crippen molar-refractivity contribution in [3.8, 4) is 6.07 Å². The zero-order valence-corrected chi connectivity index (χ0v) is 9.82. The van der Waals surface area contributed by atoms with Crippen LogP contribution < -0.4 is 5.76 Å². The van der Waals surface area contributed by atoms with E-state index in [0.717, 1.165) is 0 Å². The summed E-state index contributed by atoms with van der Waals surface area (Å²) in [4.78, 5) is 25.7. The maximum absolute atomic E-state index is 12.0. The van der Waals surface area contributed by atoms with Crippen LogP contribution in [0.2, 0.25) is 0 Å². The number of ether oxygens (including phenoxy) is 2. The van der Waals surface area contributed by atoms with Gasteiger partial charge in [-0.2, -0.15) is 5.26 Å². The van der Waals surface area contributed by atoms with E-state index in [-0.39, 0.29) is 31.8 Å². The van der Waals surface area contributed by atoms with Crippen molar-refractivity contribution in [2.75, 3.05) is 13.7 Å². The Bertz CT molecular complexity index is 553. The second-order valence-corrected chi connectivity index (χ2v) is 4.05. The average molecular weight is 252 g/mol. The van der Waals surface area contributed by atoms with Gasteiger partial charge in [-0.1, -0.05) is 0 Å². The zero-order chi connectivity index (χ0) is 13.2. The summed E-state index contributed by atoms with van der Waals surface area (Å²) < 4.78 is 15.1. The summed E-state index contributed by atoms with van der Waals surface area (Å²) in [5.41, 5.74) is -0.786. The molecule has 0 spiro atoms. The highest BCUT2D eigenvalue weighted by Crippen LogP contribution is 2.36. The number of hydrogen-bond acceptors (Lipinski definition) is 6. The van der Waals surface area contributed by atoms with Crippen molar-refractivity contribution in [3.63, 3.8) is 0 Å². The molecule has 1 aromatic heterocycles. The van der Waals surface area contributed by atoms with Crippen LogP contribution in [0, 0.1) is 11.3 Å². The normalized spacial score (nSPS) is 22.0. The summed E-state index contributed by atoms with van der Waals surface area (Å²) in [7, 11) is 1.25. The Morgan fingerprint density at radius 3 is 3.11 bits per heavy atom. The molecule has 2 heterocycles. The Kier molecular flexibility index (Phi) is 3.21. The monoisotopic (exact) mass is 252 g/mol. The number of aromatic amines is 1. The van der Waals surface area contributed by atoms with Crippen molar-refractivity contribution in [3.05, 3.63) is 22.0 Å². The summed E-state index contributed by atoms with van der Waals surface area (Å²) in [5.74, 6) is -0.988. The molecule has 1 aromatic rings. The first-order valence-electron chi connectivity index (χ1n) is 5.39. The average Bonchev–Trinajstić information content (AvgIpc) is 2.76. The van der Waals surface area contributed by atoms with E-state index in [1.165, 1.54) is 7.11 Å². The van der Waals surface area contributed by atoms with E-state index >= 15 is 0 Å². The van der Waals surface area contributed by atoms with Gasteiger partial charge < -0.3 is 13.9 Å². The van der Waals surface area contributed by atoms with E-state index in [1.54, 1.807) is 0 Å². The molecule has 1 aliphatic heterocycles. The van der Waals surface area contributed by atoms with Crippen LogP contribution in [0.25, 0.3) is 0 Å². The molecular formula is C11H12N2O5. The predicted octanol–water partition coefficient (Wildman–Crippen LogP) is 0.213. The van der Waals surface area contributed by atoms with Crippen molar-refractivity contribution < 1.29 is 18.7 Å². The molecule has 0 radical (unpaired) electrons. The van der Waals surface area contributed by atoms with Crippen LogP contribution in [0.5, 0.6) is 0 Å². The van der Waals surface area contributed by atoms with Gasteiger partial charge in [0.1, 0.15) is 0 Å². The number of oxazole rings is 1. The lowest BCUT2D eigenvalue weighted by atomic mass is 9.79. The van der Waals surface area contributed by atoms with Crippen LogP contribution in [0.4, 0.5) is 0 Å². The minimum atomic E-state index is -1.21. The van der Waals surface area contributed by atoms with Gasteiger partial charge in [0.05, 0.1) is 32.1 Å². The van der Waals surface area contributed by atoms with Gasteiger partial charge in [0.25, 0.3) is 0 Å². The number of methoxy groups -OCH3 is 1. The third-order valence-electron chi connectivity index (χ3n) is 2.99. The van der Waals surface area contributed by atoms with Crippen LogP contribution in [0.15, 0.2) is 9.21 Å². The summed E-state index contributed by atoms with van der Waals surface area (Å²) in [6, 6.07) is 1.96. The van der Waals surface area contributed by atoms with Crippen molar-refractivity contribution >= 4 is 5.97 Å². The standard InChI is InChI=1S/C11H12N2O5/c1-16-9(14)11(3-2-4-12)6-17-5-7-8(11)18-10(15)13-7/h2-3,5-6H2,1H3,(H,13,15). The van der Waals surface area contributed by atoms with E-state index in [1.807, 2.05) is 6.07 Å². The lowest BCUT2D eigenvalue weighted by molar-refractivity contribution is -0.153. The Morgan fingerprint density at radius 1 is 1.67 bits per heavy atom. The van der Waals surface area contributed by atoms with Crippen molar-refractivity contribution in [2.45, 2.75) is 24.9 Å². The SMILES string of the molecule is COC(=O)C1(CCC#N)COCc2[nH]c(=O)oc21. The van der Waals surface area contributed by atoms with Gasteiger partial charge in [0.2, 0.25) is 0 Å². The van der Waals surface area contributed by atoms with E-state index < -0.39 is 17.1 Å². The molecular weight excluding hydrogens is 240 g/mol. The van der Waals surface area contributed by atoms with Crippen molar-refractivity contribution in [2.24, 2.45) is 0 Å². The topological polar surface area (TPSA) is 105 Å². The fourth-order valence-corrected chi connectivity index (χ4v) is 2.14.